The summed E-state index contributed by atoms with van der Waals surface area (Å²) in [5.74, 6) is -0.842. The number of piperazine rings is 1. The standard InChI is InChI=1S/C14H25N3O3/c1-3-5-15-7-9-16(10-8-15)14(20)17-6-4-11(2)12(17)13(18)19/h11-12H,3-10H2,1-2H3,(H,18,19). The van der Waals surface area contributed by atoms with Crippen molar-refractivity contribution >= 4 is 12.0 Å². The third-order valence-corrected chi connectivity index (χ3v) is 4.38. The smallest absolute Gasteiger partial charge is 0.326 e. The summed E-state index contributed by atoms with van der Waals surface area (Å²) in [4.78, 5) is 29.5. The van der Waals surface area contributed by atoms with Gasteiger partial charge in [-0.2, -0.15) is 0 Å². The van der Waals surface area contributed by atoms with Crippen LogP contribution in [0.3, 0.4) is 0 Å². The highest BCUT2D eigenvalue weighted by molar-refractivity contribution is 5.83. The number of carboxylic acid groups (broad SMARTS) is 1. The van der Waals surface area contributed by atoms with Crippen LogP contribution in [0, 0.1) is 5.92 Å². The first kappa shape index (κ1) is 15.1. The summed E-state index contributed by atoms with van der Waals surface area (Å²) in [6, 6.07) is -0.755. The van der Waals surface area contributed by atoms with Gasteiger partial charge in [-0.3, -0.25) is 4.90 Å². The summed E-state index contributed by atoms with van der Waals surface area (Å²) >= 11 is 0. The number of nitrogens with zero attached hydrogens (tertiary/aromatic N) is 3. The van der Waals surface area contributed by atoms with Crippen LogP contribution in [0.4, 0.5) is 4.79 Å². The highest BCUT2D eigenvalue weighted by Crippen LogP contribution is 2.25. The van der Waals surface area contributed by atoms with E-state index in [1.165, 1.54) is 0 Å². The molecule has 2 aliphatic rings. The van der Waals surface area contributed by atoms with Gasteiger partial charge in [0.15, 0.2) is 0 Å². The third kappa shape index (κ3) is 3.06. The SMILES string of the molecule is CCCN1CCN(C(=O)N2CCC(C)C2C(=O)O)CC1. The molecule has 0 radical (unpaired) electrons. The van der Waals surface area contributed by atoms with Gasteiger partial charge in [0.1, 0.15) is 6.04 Å². The van der Waals surface area contributed by atoms with E-state index in [0.29, 0.717) is 19.6 Å². The van der Waals surface area contributed by atoms with Crippen LogP contribution in [0.15, 0.2) is 0 Å². The Kier molecular flexibility index (Phi) is 4.86. The Morgan fingerprint density at radius 3 is 2.35 bits per heavy atom. The van der Waals surface area contributed by atoms with Crippen LogP contribution in [-0.2, 0) is 4.79 Å². The molecule has 114 valence electrons. The summed E-state index contributed by atoms with van der Waals surface area (Å²) in [7, 11) is 0. The maximum Gasteiger partial charge on any atom is 0.326 e. The number of amides is 2. The molecular formula is C14H25N3O3. The van der Waals surface area contributed by atoms with E-state index < -0.39 is 12.0 Å². The maximum absolute atomic E-state index is 12.5. The van der Waals surface area contributed by atoms with E-state index in [2.05, 4.69) is 11.8 Å². The minimum atomic E-state index is -0.882. The monoisotopic (exact) mass is 283 g/mol. The number of urea groups is 1. The summed E-state index contributed by atoms with van der Waals surface area (Å²) in [6.07, 6.45) is 1.90. The third-order valence-electron chi connectivity index (χ3n) is 4.38. The summed E-state index contributed by atoms with van der Waals surface area (Å²) in [5, 5.41) is 9.29. The van der Waals surface area contributed by atoms with Gasteiger partial charge in [-0.05, 0) is 25.3 Å². The van der Waals surface area contributed by atoms with Crippen molar-refractivity contribution in [1.82, 2.24) is 14.7 Å². The number of rotatable bonds is 3. The van der Waals surface area contributed by atoms with Crippen molar-refractivity contribution in [1.29, 1.82) is 0 Å². The molecule has 2 heterocycles. The molecule has 2 rings (SSSR count). The Hall–Kier alpha value is -1.30. The molecular weight excluding hydrogens is 258 g/mol. The topological polar surface area (TPSA) is 64.1 Å². The van der Waals surface area contributed by atoms with E-state index in [9.17, 15) is 14.7 Å². The van der Waals surface area contributed by atoms with E-state index in [1.54, 1.807) is 9.80 Å². The second-order valence-electron chi connectivity index (χ2n) is 5.85. The molecule has 2 aliphatic heterocycles. The van der Waals surface area contributed by atoms with Crippen molar-refractivity contribution in [3.8, 4) is 0 Å². The number of hydrogen-bond acceptors (Lipinski definition) is 3. The van der Waals surface area contributed by atoms with Gasteiger partial charge in [-0.15, -0.1) is 0 Å². The van der Waals surface area contributed by atoms with Crippen LogP contribution < -0.4 is 0 Å². The van der Waals surface area contributed by atoms with Gasteiger partial charge in [0.2, 0.25) is 0 Å². The van der Waals surface area contributed by atoms with Crippen molar-refractivity contribution in [3.05, 3.63) is 0 Å². The zero-order chi connectivity index (χ0) is 14.7. The van der Waals surface area contributed by atoms with Gasteiger partial charge >= 0.3 is 12.0 Å². The van der Waals surface area contributed by atoms with Crippen molar-refractivity contribution in [2.75, 3.05) is 39.3 Å². The Morgan fingerprint density at radius 2 is 1.80 bits per heavy atom. The van der Waals surface area contributed by atoms with Crippen LogP contribution in [0.5, 0.6) is 0 Å². The normalized spacial score (nSPS) is 27.9. The first-order chi connectivity index (χ1) is 9.54. The summed E-state index contributed by atoms with van der Waals surface area (Å²) in [5.41, 5.74) is 0. The van der Waals surface area contributed by atoms with Crippen LogP contribution >= 0.6 is 0 Å². The number of carbonyl (C=O) groups excluding carboxylic acids is 1. The molecule has 2 fully saturated rings. The molecule has 0 aliphatic carbocycles. The predicted molar refractivity (Wildman–Crippen MR) is 75.6 cm³/mol. The lowest BCUT2D eigenvalue weighted by molar-refractivity contribution is -0.142. The minimum absolute atomic E-state index is 0.0397. The molecule has 0 saturated carbocycles. The number of carbonyl (C=O) groups is 2. The van der Waals surface area contributed by atoms with Gasteiger partial charge in [-0.25, -0.2) is 9.59 Å². The highest BCUT2D eigenvalue weighted by Gasteiger charge is 2.41. The second kappa shape index (κ2) is 6.43. The zero-order valence-corrected chi connectivity index (χ0v) is 12.4. The van der Waals surface area contributed by atoms with Crippen LogP contribution in [0.25, 0.3) is 0 Å². The zero-order valence-electron chi connectivity index (χ0n) is 12.4. The lowest BCUT2D eigenvalue weighted by Crippen LogP contribution is -2.55. The number of aliphatic carboxylic acids is 1. The molecule has 0 aromatic rings. The van der Waals surface area contributed by atoms with Crippen molar-refractivity contribution < 1.29 is 14.7 Å². The number of carboxylic acids is 1. The summed E-state index contributed by atoms with van der Waals surface area (Å²) in [6.45, 7) is 8.88. The predicted octanol–water partition coefficient (Wildman–Crippen LogP) is 0.929. The fourth-order valence-corrected chi connectivity index (χ4v) is 3.20. The average Bonchev–Trinajstić information content (AvgIpc) is 2.81. The Balaban J connectivity index is 1.93. The van der Waals surface area contributed by atoms with E-state index in [0.717, 1.165) is 32.5 Å². The van der Waals surface area contributed by atoms with Crippen molar-refractivity contribution in [2.24, 2.45) is 5.92 Å². The Labute approximate surface area is 120 Å². The molecule has 0 spiro atoms. The van der Waals surface area contributed by atoms with E-state index in [4.69, 9.17) is 0 Å². The first-order valence-electron chi connectivity index (χ1n) is 7.55. The largest absolute Gasteiger partial charge is 0.480 e. The minimum Gasteiger partial charge on any atom is -0.480 e. The summed E-state index contributed by atoms with van der Waals surface area (Å²) < 4.78 is 0. The molecule has 2 atom stereocenters. The van der Waals surface area contributed by atoms with Gasteiger partial charge in [0.25, 0.3) is 0 Å². The lowest BCUT2D eigenvalue weighted by atomic mass is 10.0. The molecule has 2 unspecified atom stereocenters. The average molecular weight is 283 g/mol. The number of hydrogen-bond donors (Lipinski definition) is 1. The fraction of sp³-hybridized carbons (Fsp3) is 0.857. The Bertz CT molecular complexity index is 367. The molecule has 6 nitrogen and oxygen atoms in total. The Morgan fingerprint density at radius 1 is 1.15 bits per heavy atom. The molecule has 6 heteroatoms. The van der Waals surface area contributed by atoms with E-state index in [1.807, 2.05) is 6.92 Å². The van der Waals surface area contributed by atoms with Crippen molar-refractivity contribution in [3.63, 3.8) is 0 Å². The highest BCUT2D eigenvalue weighted by atomic mass is 16.4. The van der Waals surface area contributed by atoms with E-state index >= 15 is 0 Å². The van der Waals surface area contributed by atoms with Gasteiger partial charge in [0.05, 0.1) is 0 Å². The van der Waals surface area contributed by atoms with Crippen LogP contribution in [0.1, 0.15) is 26.7 Å². The molecule has 20 heavy (non-hydrogen) atoms. The van der Waals surface area contributed by atoms with Crippen LogP contribution in [0.2, 0.25) is 0 Å². The quantitative estimate of drug-likeness (QED) is 0.837. The fourth-order valence-electron chi connectivity index (χ4n) is 3.20. The second-order valence-corrected chi connectivity index (χ2v) is 5.85. The first-order valence-corrected chi connectivity index (χ1v) is 7.55. The maximum atomic E-state index is 12.5. The van der Waals surface area contributed by atoms with Gasteiger partial charge < -0.3 is 14.9 Å². The molecule has 0 aromatic heterocycles. The van der Waals surface area contributed by atoms with Gasteiger partial charge in [0, 0.05) is 32.7 Å². The molecule has 2 saturated heterocycles. The van der Waals surface area contributed by atoms with Crippen LogP contribution in [-0.4, -0.2) is 77.1 Å². The number of likely N-dealkylation sites (tertiary alicyclic amines) is 1. The van der Waals surface area contributed by atoms with Crippen molar-refractivity contribution in [2.45, 2.75) is 32.7 Å². The lowest BCUT2D eigenvalue weighted by Gasteiger charge is -2.37. The molecule has 0 bridgehead atoms. The molecule has 0 aromatic carbocycles. The molecule has 1 N–H and O–H groups in total. The van der Waals surface area contributed by atoms with E-state index in [-0.39, 0.29) is 11.9 Å². The molecule has 2 amide bonds. The van der Waals surface area contributed by atoms with Gasteiger partial charge in [-0.1, -0.05) is 13.8 Å².